The number of rotatable bonds is 0. The van der Waals surface area contributed by atoms with Gasteiger partial charge in [0.1, 0.15) is 0 Å². The van der Waals surface area contributed by atoms with Gasteiger partial charge in [-0.25, -0.2) is 0 Å². The second-order valence-corrected chi connectivity index (χ2v) is 4.06. The van der Waals surface area contributed by atoms with E-state index in [1.54, 1.807) is 0 Å². The van der Waals surface area contributed by atoms with Crippen molar-refractivity contribution in [3.8, 4) is 0 Å². The van der Waals surface area contributed by atoms with Crippen LogP contribution in [0.2, 0.25) is 0 Å². The molecule has 0 aliphatic rings. The maximum atomic E-state index is 3.22. The van der Waals surface area contributed by atoms with Crippen LogP contribution in [0.4, 0.5) is 0 Å². The fourth-order valence-corrected chi connectivity index (χ4v) is 2.05. The van der Waals surface area contributed by atoms with Crippen LogP contribution < -0.4 is 3.58 Å². The van der Waals surface area contributed by atoms with Gasteiger partial charge < -0.3 is 0 Å². The Bertz CT molecular complexity index is 356. The van der Waals surface area contributed by atoms with E-state index in [1.807, 2.05) is 0 Å². The van der Waals surface area contributed by atoms with Gasteiger partial charge in [0.15, 0.2) is 0 Å². The van der Waals surface area contributed by atoms with Crippen molar-refractivity contribution < 1.29 is 0 Å². The predicted molar refractivity (Wildman–Crippen MR) is 52.3 cm³/mol. The standard InChI is InChI=1S/C8H6N.ClH.Sn.H/c1-2-4-8-7(3-1)5-6-9-8;;;/h1-4,6,9H;1H;;. The van der Waals surface area contributed by atoms with E-state index in [9.17, 15) is 0 Å². The van der Waals surface area contributed by atoms with Crippen molar-refractivity contribution in [3.63, 3.8) is 0 Å². The molecule has 56 valence electrons. The fraction of sp³-hybridized carbons (Fsp3) is 0. The number of hydrogen-bond acceptors (Lipinski definition) is 0. The number of hydrogen-bond donors (Lipinski definition) is 1. The fourth-order valence-electron chi connectivity index (χ4n) is 1.09. The second-order valence-electron chi connectivity index (χ2n) is 2.29. The summed E-state index contributed by atoms with van der Waals surface area (Å²) in [4.78, 5) is 3.22. The van der Waals surface area contributed by atoms with Crippen LogP contribution in [0.5, 0.6) is 0 Å². The van der Waals surface area contributed by atoms with Gasteiger partial charge in [-0.2, -0.15) is 0 Å². The minimum atomic E-state index is 0. The zero-order valence-electron chi connectivity index (χ0n) is 5.87. The Morgan fingerprint density at radius 3 is 2.64 bits per heavy atom. The van der Waals surface area contributed by atoms with Gasteiger partial charge in [-0.05, 0) is 0 Å². The van der Waals surface area contributed by atoms with Gasteiger partial charge in [0.2, 0.25) is 0 Å². The van der Waals surface area contributed by atoms with E-state index < -0.39 is 0 Å². The summed E-state index contributed by atoms with van der Waals surface area (Å²) in [6.45, 7) is 0. The molecule has 1 aromatic heterocycles. The van der Waals surface area contributed by atoms with Crippen LogP contribution in [0.3, 0.4) is 0 Å². The summed E-state index contributed by atoms with van der Waals surface area (Å²) in [5, 5.41) is 1.38. The van der Waals surface area contributed by atoms with Crippen molar-refractivity contribution >= 4 is 49.4 Å². The molecule has 0 fully saturated rings. The number of halogens is 1. The van der Waals surface area contributed by atoms with Crippen molar-refractivity contribution in [2.75, 3.05) is 0 Å². The molecule has 3 heteroatoms. The molecule has 0 saturated heterocycles. The minimum absolute atomic E-state index is 0. The number of aromatic amines is 1. The molecule has 0 amide bonds. The molecule has 1 nitrogen and oxygen atoms in total. The van der Waals surface area contributed by atoms with Crippen molar-refractivity contribution in [2.24, 2.45) is 0 Å². The van der Waals surface area contributed by atoms with Gasteiger partial charge in [0.05, 0.1) is 0 Å². The first kappa shape index (κ1) is 8.94. The van der Waals surface area contributed by atoms with Crippen LogP contribution in [0.25, 0.3) is 10.9 Å². The van der Waals surface area contributed by atoms with Crippen molar-refractivity contribution in [1.29, 1.82) is 0 Å². The van der Waals surface area contributed by atoms with Gasteiger partial charge in [-0.15, -0.1) is 12.4 Å². The number of benzene rings is 1. The van der Waals surface area contributed by atoms with Gasteiger partial charge in [-0.1, -0.05) is 0 Å². The molecule has 11 heavy (non-hydrogen) atoms. The van der Waals surface area contributed by atoms with E-state index in [2.05, 4.69) is 35.4 Å². The number of H-pyrrole nitrogens is 1. The molecule has 1 N–H and O–H groups in total. The summed E-state index contributed by atoms with van der Waals surface area (Å²) in [6.07, 6.45) is 2.09. The summed E-state index contributed by atoms with van der Waals surface area (Å²) in [5.74, 6) is 0. The Hall–Kier alpha value is -0.151. The second kappa shape index (κ2) is 3.50. The molecule has 0 aliphatic heterocycles. The van der Waals surface area contributed by atoms with Crippen LogP contribution in [0.1, 0.15) is 0 Å². The molecule has 0 saturated carbocycles. The van der Waals surface area contributed by atoms with Gasteiger partial charge >= 0.3 is 72.5 Å². The molecule has 0 atom stereocenters. The average Bonchev–Trinajstić information content (AvgIpc) is 2.34. The van der Waals surface area contributed by atoms with Crippen LogP contribution in [0.15, 0.2) is 30.5 Å². The molecule has 2 rings (SSSR count). The topological polar surface area (TPSA) is 15.8 Å². The van der Waals surface area contributed by atoms with E-state index in [0.717, 1.165) is 0 Å². The monoisotopic (exact) mass is 273 g/mol. The molecular weight excluding hydrogens is 264 g/mol. The SMILES string of the molecule is Cl.[SnH][c]1c[nH]c2ccccc12. The van der Waals surface area contributed by atoms with Crippen LogP contribution in [-0.2, 0) is 0 Å². The molecule has 1 aromatic carbocycles. The Morgan fingerprint density at radius 1 is 1.18 bits per heavy atom. The van der Waals surface area contributed by atoms with Crippen LogP contribution >= 0.6 is 12.4 Å². The zero-order valence-corrected chi connectivity index (χ0v) is 9.98. The summed E-state index contributed by atoms with van der Waals surface area (Å²) in [5.41, 5.74) is 1.25. The normalized spacial score (nSPS) is 9.55. The van der Waals surface area contributed by atoms with E-state index in [-0.39, 0.29) is 12.4 Å². The van der Waals surface area contributed by atoms with Gasteiger partial charge in [0, 0.05) is 0 Å². The van der Waals surface area contributed by atoms with Gasteiger partial charge in [-0.3, -0.25) is 0 Å². The summed E-state index contributed by atoms with van der Waals surface area (Å²) < 4.78 is 1.45. The Kier molecular flexibility index (Phi) is 2.84. The summed E-state index contributed by atoms with van der Waals surface area (Å²) in [7, 11) is 0. The quantitative estimate of drug-likeness (QED) is 0.692. The van der Waals surface area contributed by atoms with E-state index in [4.69, 9.17) is 0 Å². The van der Waals surface area contributed by atoms with Crippen molar-refractivity contribution in [2.45, 2.75) is 0 Å². The summed E-state index contributed by atoms with van der Waals surface area (Å²) in [6, 6.07) is 8.40. The van der Waals surface area contributed by atoms with Crippen molar-refractivity contribution in [1.82, 2.24) is 4.98 Å². The van der Waals surface area contributed by atoms with Crippen molar-refractivity contribution in [3.05, 3.63) is 30.5 Å². The number of fused-ring (bicyclic) bond motifs is 1. The first-order valence-electron chi connectivity index (χ1n) is 3.19. The first-order valence-corrected chi connectivity index (χ1v) is 4.84. The molecule has 0 bridgehead atoms. The number of aromatic nitrogens is 1. The molecule has 2 aromatic rings. The third-order valence-corrected chi connectivity index (χ3v) is 2.98. The Balaban J connectivity index is 0.000000605. The number of para-hydroxylation sites is 1. The molecule has 0 spiro atoms. The third-order valence-electron chi connectivity index (χ3n) is 1.62. The van der Waals surface area contributed by atoms with E-state index in [1.165, 1.54) is 37.0 Å². The van der Waals surface area contributed by atoms with Crippen LogP contribution in [-0.4, -0.2) is 27.5 Å². The first-order chi connectivity index (χ1) is 4.88. The molecule has 2 radical (unpaired) electrons. The summed E-state index contributed by atoms with van der Waals surface area (Å²) >= 11 is 1.19. The van der Waals surface area contributed by atoms with E-state index in [0.29, 0.717) is 0 Å². The Labute approximate surface area is 84.7 Å². The van der Waals surface area contributed by atoms with E-state index >= 15 is 0 Å². The molecular formula is C8H8ClNSn. The van der Waals surface area contributed by atoms with Crippen LogP contribution in [0, 0.1) is 0 Å². The predicted octanol–water partition coefficient (Wildman–Crippen LogP) is 1.12. The number of nitrogens with one attached hydrogen (secondary N) is 1. The Morgan fingerprint density at radius 2 is 1.91 bits per heavy atom. The third kappa shape index (κ3) is 1.54. The molecule has 0 unspecified atom stereocenters. The molecule has 0 aliphatic carbocycles. The molecule has 1 heterocycles. The van der Waals surface area contributed by atoms with Gasteiger partial charge in [0.25, 0.3) is 0 Å². The maximum absolute atomic E-state index is 3.22. The zero-order chi connectivity index (χ0) is 6.97. The average molecular weight is 272 g/mol.